The van der Waals surface area contributed by atoms with E-state index in [0.717, 1.165) is 15.6 Å². The Labute approximate surface area is 150 Å². The van der Waals surface area contributed by atoms with Gasteiger partial charge in [-0.25, -0.2) is 4.79 Å². The first-order valence-electron chi connectivity index (χ1n) is 7.51. The molecule has 6 heteroatoms. The van der Waals surface area contributed by atoms with Gasteiger partial charge in [-0.3, -0.25) is 4.79 Å². The minimum Gasteiger partial charge on any atom is -0.452 e. The van der Waals surface area contributed by atoms with Gasteiger partial charge in [-0.05, 0) is 43.0 Å². The van der Waals surface area contributed by atoms with Gasteiger partial charge < -0.3 is 10.1 Å². The van der Waals surface area contributed by atoms with Crippen molar-refractivity contribution in [3.8, 4) is 6.07 Å². The van der Waals surface area contributed by atoms with Gasteiger partial charge in [0.25, 0.3) is 5.91 Å². The number of hydrogen-bond donors (Lipinski definition) is 1. The zero-order valence-corrected chi connectivity index (χ0v) is 15.8. The predicted octanol–water partition coefficient (Wildman–Crippen LogP) is 3.37. The minimum absolute atomic E-state index is 0.0686. The number of hydrogen-bond acceptors (Lipinski definition) is 4. The van der Waals surface area contributed by atoms with E-state index in [4.69, 9.17) is 10.00 Å². The molecular formula is C18H21BrN2O3. The van der Waals surface area contributed by atoms with Crippen LogP contribution in [-0.2, 0) is 14.3 Å². The second kappa shape index (κ2) is 8.65. The maximum atomic E-state index is 11.8. The number of rotatable bonds is 6. The molecule has 1 aromatic rings. The van der Waals surface area contributed by atoms with Gasteiger partial charge in [-0.2, -0.15) is 5.26 Å². The monoisotopic (exact) mass is 392 g/mol. The molecule has 5 nitrogen and oxygen atoms in total. The van der Waals surface area contributed by atoms with Crippen molar-refractivity contribution in [2.24, 2.45) is 5.92 Å². The van der Waals surface area contributed by atoms with Crippen LogP contribution in [0, 0.1) is 24.2 Å². The van der Waals surface area contributed by atoms with E-state index >= 15 is 0 Å². The maximum Gasteiger partial charge on any atom is 0.331 e. The molecule has 0 fully saturated rings. The highest BCUT2D eigenvalue weighted by Gasteiger charge is 2.30. The van der Waals surface area contributed by atoms with Crippen molar-refractivity contribution < 1.29 is 14.3 Å². The van der Waals surface area contributed by atoms with Crippen LogP contribution in [0.2, 0.25) is 0 Å². The number of carbonyl (C=O) groups is 2. The van der Waals surface area contributed by atoms with E-state index in [-0.39, 0.29) is 5.92 Å². The van der Waals surface area contributed by atoms with Gasteiger partial charge in [0.05, 0.1) is 6.07 Å². The van der Waals surface area contributed by atoms with Crippen molar-refractivity contribution >= 4 is 33.9 Å². The van der Waals surface area contributed by atoms with Gasteiger partial charge in [0.1, 0.15) is 5.54 Å². The lowest BCUT2D eigenvalue weighted by Crippen LogP contribution is -2.50. The Morgan fingerprint density at radius 2 is 2.12 bits per heavy atom. The van der Waals surface area contributed by atoms with E-state index in [1.807, 2.05) is 39.0 Å². The molecule has 0 bridgehead atoms. The molecule has 0 spiro atoms. The van der Waals surface area contributed by atoms with Crippen LogP contribution in [-0.4, -0.2) is 24.0 Å². The fraction of sp³-hybridized carbons (Fsp3) is 0.389. The molecule has 0 saturated carbocycles. The van der Waals surface area contributed by atoms with Crippen molar-refractivity contribution in [3.05, 3.63) is 39.9 Å². The largest absolute Gasteiger partial charge is 0.452 e. The number of nitrogens with one attached hydrogen (secondary N) is 1. The highest BCUT2D eigenvalue weighted by Crippen LogP contribution is 2.19. The summed E-state index contributed by atoms with van der Waals surface area (Å²) >= 11 is 3.42. The summed E-state index contributed by atoms with van der Waals surface area (Å²) in [4.78, 5) is 23.5. The van der Waals surface area contributed by atoms with E-state index in [1.165, 1.54) is 6.08 Å². The second-order valence-electron chi connectivity index (χ2n) is 5.98. The summed E-state index contributed by atoms with van der Waals surface area (Å²) in [5.41, 5.74) is 0.939. The molecule has 1 rings (SSSR count). The Hall–Kier alpha value is -2.13. The number of nitriles is 1. The second-order valence-corrected chi connectivity index (χ2v) is 6.84. The van der Waals surface area contributed by atoms with Crippen LogP contribution in [0.15, 0.2) is 28.7 Å². The summed E-state index contributed by atoms with van der Waals surface area (Å²) in [6, 6.07) is 7.80. The van der Waals surface area contributed by atoms with E-state index in [9.17, 15) is 9.59 Å². The van der Waals surface area contributed by atoms with Crippen LogP contribution in [0.4, 0.5) is 0 Å². The van der Waals surface area contributed by atoms with Crippen LogP contribution in [0.3, 0.4) is 0 Å². The number of amides is 1. The summed E-state index contributed by atoms with van der Waals surface area (Å²) in [5, 5.41) is 11.7. The molecule has 0 saturated heterocycles. The van der Waals surface area contributed by atoms with Gasteiger partial charge in [0.15, 0.2) is 6.61 Å². The number of ether oxygens (including phenoxy) is 1. The Balaban J connectivity index is 2.56. The third-order valence-corrected chi connectivity index (χ3v) is 4.37. The van der Waals surface area contributed by atoms with Crippen molar-refractivity contribution in [1.29, 1.82) is 5.26 Å². The lowest BCUT2D eigenvalue weighted by atomic mass is 9.90. The lowest BCUT2D eigenvalue weighted by molar-refractivity contribution is -0.144. The van der Waals surface area contributed by atoms with Crippen LogP contribution in [0.25, 0.3) is 6.08 Å². The Morgan fingerprint density at radius 3 is 2.67 bits per heavy atom. The van der Waals surface area contributed by atoms with Crippen molar-refractivity contribution in [1.82, 2.24) is 5.32 Å². The van der Waals surface area contributed by atoms with E-state index < -0.39 is 24.0 Å². The highest BCUT2D eigenvalue weighted by atomic mass is 79.9. The Morgan fingerprint density at radius 1 is 1.46 bits per heavy atom. The molecule has 1 aromatic carbocycles. The van der Waals surface area contributed by atoms with Crippen molar-refractivity contribution in [2.45, 2.75) is 33.2 Å². The van der Waals surface area contributed by atoms with Gasteiger partial charge in [0.2, 0.25) is 0 Å². The molecular weight excluding hydrogens is 372 g/mol. The molecule has 0 aliphatic heterocycles. The van der Waals surface area contributed by atoms with E-state index in [1.54, 1.807) is 13.0 Å². The van der Waals surface area contributed by atoms with Gasteiger partial charge in [-0.1, -0.05) is 41.9 Å². The lowest BCUT2D eigenvalue weighted by Gasteiger charge is -2.27. The number of aryl methyl sites for hydroxylation is 1. The van der Waals surface area contributed by atoms with Crippen LogP contribution < -0.4 is 5.32 Å². The normalized spacial score (nSPS) is 13.4. The minimum atomic E-state index is -0.994. The zero-order chi connectivity index (χ0) is 18.3. The molecule has 1 atom stereocenters. The molecule has 1 N–H and O–H groups in total. The van der Waals surface area contributed by atoms with E-state index in [0.29, 0.717) is 0 Å². The zero-order valence-electron chi connectivity index (χ0n) is 14.2. The quantitative estimate of drug-likeness (QED) is 0.594. The number of benzene rings is 1. The average Bonchev–Trinajstić information content (AvgIpc) is 2.51. The first-order valence-corrected chi connectivity index (χ1v) is 8.30. The number of esters is 1. The Kier molecular flexibility index (Phi) is 7.18. The number of nitrogens with zero attached hydrogens (tertiary/aromatic N) is 1. The SMILES string of the molecule is Cc1ccc(/C=C/C(=O)OCC(=O)N[C@](C)(C#N)C(C)C)c(Br)c1. The molecule has 24 heavy (non-hydrogen) atoms. The molecule has 128 valence electrons. The summed E-state index contributed by atoms with van der Waals surface area (Å²) in [6.45, 7) is 6.83. The third-order valence-electron chi connectivity index (χ3n) is 3.69. The molecule has 0 radical (unpaired) electrons. The molecule has 0 aliphatic carbocycles. The molecule has 1 amide bonds. The van der Waals surface area contributed by atoms with Gasteiger partial charge >= 0.3 is 5.97 Å². The van der Waals surface area contributed by atoms with Crippen LogP contribution in [0.1, 0.15) is 31.9 Å². The highest BCUT2D eigenvalue weighted by molar-refractivity contribution is 9.10. The first-order chi connectivity index (χ1) is 11.2. The first kappa shape index (κ1) is 19.9. The van der Waals surface area contributed by atoms with Gasteiger partial charge in [0, 0.05) is 10.5 Å². The molecule has 0 aromatic heterocycles. The third kappa shape index (κ3) is 5.82. The Bertz CT molecular complexity index is 692. The fourth-order valence-corrected chi connectivity index (χ4v) is 2.36. The standard InChI is InChI=1S/C18H21BrN2O3/c1-12(2)18(4,11-20)21-16(22)10-24-17(23)8-7-14-6-5-13(3)9-15(14)19/h5-9,12H,10H2,1-4H3,(H,21,22)/b8-7+/t18-/m1/s1. The number of carbonyl (C=O) groups excluding carboxylic acids is 2. The predicted molar refractivity (Wildman–Crippen MR) is 95.9 cm³/mol. The average molecular weight is 393 g/mol. The van der Waals surface area contributed by atoms with Crippen molar-refractivity contribution in [2.75, 3.05) is 6.61 Å². The molecule has 0 aliphatic rings. The summed E-state index contributed by atoms with van der Waals surface area (Å²) in [6.07, 6.45) is 2.87. The fourth-order valence-electron chi connectivity index (χ4n) is 1.74. The van der Waals surface area contributed by atoms with Crippen molar-refractivity contribution in [3.63, 3.8) is 0 Å². The smallest absolute Gasteiger partial charge is 0.331 e. The molecule has 0 unspecified atom stereocenters. The summed E-state index contributed by atoms with van der Waals surface area (Å²) in [7, 11) is 0. The summed E-state index contributed by atoms with van der Waals surface area (Å²) in [5.74, 6) is -1.20. The topological polar surface area (TPSA) is 79.2 Å². The maximum absolute atomic E-state index is 11.8. The number of halogens is 1. The molecule has 0 heterocycles. The summed E-state index contributed by atoms with van der Waals surface area (Å²) < 4.78 is 5.76. The van der Waals surface area contributed by atoms with E-state index in [2.05, 4.69) is 27.3 Å². The van der Waals surface area contributed by atoms with Crippen LogP contribution >= 0.6 is 15.9 Å². The van der Waals surface area contributed by atoms with Crippen LogP contribution in [0.5, 0.6) is 0 Å². The van der Waals surface area contributed by atoms with Gasteiger partial charge in [-0.15, -0.1) is 0 Å².